The van der Waals surface area contributed by atoms with Crippen molar-refractivity contribution in [3.63, 3.8) is 0 Å². The Balaban J connectivity index is 1.56. The summed E-state index contributed by atoms with van der Waals surface area (Å²) in [6.45, 7) is 10.8. The molecule has 1 aromatic rings. The average molecular weight is 400 g/mol. The first-order valence-corrected chi connectivity index (χ1v) is 11.0. The van der Waals surface area contributed by atoms with Gasteiger partial charge in [0.2, 0.25) is 0 Å². The number of rotatable bonds is 5. The van der Waals surface area contributed by atoms with E-state index in [2.05, 4.69) is 28.7 Å². The van der Waals surface area contributed by atoms with E-state index in [0.717, 1.165) is 43.1 Å². The monoisotopic (exact) mass is 399 g/mol. The molecule has 3 amide bonds. The second-order valence-corrected chi connectivity index (χ2v) is 9.44. The molecule has 0 unspecified atom stereocenters. The Labute approximate surface area is 173 Å². The molecule has 0 radical (unpaired) electrons. The second kappa shape index (κ2) is 7.58. The molecule has 7 heteroatoms. The summed E-state index contributed by atoms with van der Waals surface area (Å²) in [7, 11) is 0. The molecule has 1 saturated carbocycles. The fourth-order valence-electron chi connectivity index (χ4n) is 4.91. The van der Waals surface area contributed by atoms with Gasteiger partial charge in [0.15, 0.2) is 0 Å². The third kappa shape index (κ3) is 3.49. The van der Waals surface area contributed by atoms with E-state index in [4.69, 9.17) is 0 Å². The van der Waals surface area contributed by atoms with Gasteiger partial charge in [-0.2, -0.15) is 0 Å². The highest BCUT2D eigenvalue weighted by Crippen LogP contribution is 2.40. The summed E-state index contributed by atoms with van der Waals surface area (Å²) in [5.74, 6) is 2.56. The van der Waals surface area contributed by atoms with Crippen LogP contribution in [0.4, 0.5) is 10.6 Å². The molecule has 1 aromatic heterocycles. The van der Waals surface area contributed by atoms with Gasteiger partial charge in [-0.05, 0) is 51.4 Å². The molecular weight excluding hydrogens is 366 g/mol. The van der Waals surface area contributed by atoms with Crippen LogP contribution in [0.5, 0.6) is 0 Å². The lowest BCUT2D eigenvalue weighted by atomic mass is 9.83. The molecule has 3 aliphatic rings. The van der Waals surface area contributed by atoms with Gasteiger partial charge in [-0.15, -0.1) is 0 Å². The van der Waals surface area contributed by atoms with Crippen LogP contribution in [0.25, 0.3) is 0 Å². The van der Waals surface area contributed by atoms with Crippen molar-refractivity contribution >= 4 is 17.8 Å². The van der Waals surface area contributed by atoms with E-state index >= 15 is 0 Å². The Morgan fingerprint density at radius 3 is 2.45 bits per heavy atom. The highest BCUT2D eigenvalue weighted by molar-refractivity contribution is 6.07. The Morgan fingerprint density at radius 1 is 1.17 bits per heavy atom. The highest BCUT2D eigenvalue weighted by atomic mass is 16.2. The summed E-state index contributed by atoms with van der Waals surface area (Å²) in [4.78, 5) is 41.4. The van der Waals surface area contributed by atoms with Crippen LogP contribution in [0.3, 0.4) is 0 Å². The summed E-state index contributed by atoms with van der Waals surface area (Å²) in [5.41, 5.74) is 0.364. The molecule has 0 N–H and O–H groups in total. The number of carbonyl (C=O) groups is 2. The highest BCUT2D eigenvalue weighted by Gasteiger charge is 2.58. The van der Waals surface area contributed by atoms with Crippen molar-refractivity contribution in [2.45, 2.75) is 65.3 Å². The van der Waals surface area contributed by atoms with Gasteiger partial charge >= 0.3 is 6.03 Å². The fourth-order valence-corrected chi connectivity index (χ4v) is 4.91. The predicted molar refractivity (Wildman–Crippen MR) is 112 cm³/mol. The third-order valence-electron chi connectivity index (χ3n) is 6.79. The zero-order chi connectivity index (χ0) is 20.8. The minimum Gasteiger partial charge on any atom is -0.356 e. The molecular formula is C22H33N5O2. The molecule has 158 valence electrons. The summed E-state index contributed by atoms with van der Waals surface area (Å²) in [6, 6.07) is -0.0712. The smallest absolute Gasteiger partial charge is 0.327 e. The van der Waals surface area contributed by atoms with Crippen LogP contribution in [-0.2, 0) is 4.79 Å². The van der Waals surface area contributed by atoms with Gasteiger partial charge in [0, 0.05) is 37.9 Å². The normalized spacial score (nSPS) is 22.2. The van der Waals surface area contributed by atoms with Crippen molar-refractivity contribution in [3.8, 4) is 0 Å². The van der Waals surface area contributed by atoms with E-state index in [1.807, 2.05) is 24.9 Å². The summed E-state index contributed by atoms with van der Waals surface area (Å²) in [6.07, 6.45) is 6.66. The first-order chi connectivity index (χ1) is 13.8. The topological polar surface area (TPSA) is 69.6 Å². The first kappa shape index (κ1) is 20.1. The van der Waals surface area contributed by atoms with Crippen LogP contribution < -0.4 is 4.90 Å². The molecule has 3 heterocycles. The van der Waals surface area contributed by atoms with Crippen molar-refractivity contribution in [1.82, 2.24) is 19.8 Å². The Kier molecular flexibility index (Phi) is 5.25. The number of nitrogens with zero attached hydrogens (tertiary/aromatic N) is 5. The molecule has 1 spiro atoms. The van der Waals surface area contributed by atoms with E-state index in [-0.39, 0.29) is 11.9 Å². The standard InChI is InChI=1S/C22H33N5O2/c1-15(2)13-27-21(29)26(14-18-6-5-7-18)20(28)22(27)8-10-25(11-9-22)19-16(3)12-23-17(4)24-19/h12,15,18H,5-11,13-14H2,1-4H3. The van der Waals surface area contributed by atoms with Crippen molar-refractivity contribution in [2.75, 3.05) is 31.1 Å². The van der Waals surface area contributed by atoms with Crippen molar-refractivity contribution in [1.29, 1.82) is 0 Å². The number of urea groups is 1. The lowest BCUT2D eigenvalue weighted by Gasteiger charge is -2.43. The molecule has 4 rings (SSSR count). The van der Waals surface area contributed by atoms with Gasteiger partial charge in [0.05, 0.1) is 0 Å². The largest absolute Gasteiger partial charge is 0.356 e. The maximum absolute atomic E-state index is 13.5. The number of aromatic nitrogens is 2. The van der Waals surface area contributed by atoms with Gasteiger partial charge in [0.25, 0.3) is 5.91 Å². The minimum absolute atomic E-state index is 0.0327. The Hall–Kier alpha value is -2.18. The SMILES string of the molecule is Cc1ncc(C)c(N2CCC3(CC2)C(=O)N(CC2CCC2)C(=O)N3CC(C)C)n1. The Morgan fingerprint density at radius 2 is 1.86 bits per heavy atom. The van der Waals surface area contributed by atoms with Crippen molar-refractivity contribution < 1.29 is 9.59 Å². The molecule has 0 bridgehead atoms. The van der Waals surface area contributed by atoms with E-state index in [9.17, 15) is 9.59 Å². The molecule has 1 aliphatic carbocycles. The van der Waals surface area contributed by atoms with Crippen LogP contribution in [0.2, 0.25) is 0 Å². The van der Waals surface area contributed by atoms with Crippen LogP contribution >= 0.6 is 0 Å². The zero-order valence-corrected chi connectivity index (χ0v) is 18.1. The fraction of sp³-hybridized carbons (Fsp3) is 0.727. The molecule has 0 aromatic carbocycles. The molecule has 29 heavy (non-hydrogen) atoms. The number of hydrogen-bond donors (Lipinski definition) is 0. The molecule has 2 saturated heterocycles. The van der Waals surface area contributed by atoms with E-state index in [1.165, 1.54) is 6.42 Å². The predicted octanol–water partition coefficient (Wildman–Crippen LogP) is 3.15. The Bertz CT molecular complexity index is 796. The molecule has 3 fully saturated rings. The number of anilines is 1. The van der Waals surface area contributed by atoms with Gasteiger partial charge in [-0.3, -0.25) is 9.69 Å². The second-order valence-electron chi connectivity index (χ2n) is 9.44. The van der Waals surface area contributed by atoms with Gasteiger partial charge in [0.1, 0.15) is 17.2 Å². The van der Waals surface area contributed by atoms with Gasteiger partial charge in [-0.25, -0.2) is 14.8 Å². The number of amides is 3. The first-order valence-electron chi connectivity index (χ1n) is 11.0. The molecule has 0 atom stereocenters. The third-order valence-corrected chi connectivity index (χ3v) is 6.79. The quantitative estimate of drug-likeness (QED) is 0.712. The summed E-state index contributed by atoms with van der Waals surface area (Å²) < 4.78 is 0. The minimum atomic E-state index is -0.683. The van der Waals surface area contributed by atoms with Crippen LogP contribution in [0.15, 0.2) is 6.20 Å². The van der Waals surface area contributed by atoms with Gasteiger partial charge < -0.3 is 9.80 Å². The number of imide groups is 1. The lowest BCUT2D eigenvalue weighted by Crippen LogP contribution is -2.57. The van der Waals surface area contributed by atoms with E-state index < -0.39 is 5.54 Å². The van der Waals surface area contributed by atoms with Gasteiger partial charge in [-0.1, -0.05) is 20.3 Å². The van der Waals surface area contributed by atoms with Crippen molar-refractivity contribution in [2.24, 2.45) is 11.8 Å². The molecule has 2 aliphatic heterocycles. The lowest BCUT2D eigenvalue weighted by molar-refractivity contribution is -0.135. The maximum Gasteiger partial charge on any atom is 0.327 e. The van der Waals surface area contributed by atoms with Crippen LogP contribution in [0.1, 0.15) is 57.3 Å². The van der Waals surface area contributed by atoms with E-state index in [0.29, 0.717) is 37.8 Å². The van der Waals surface area contributed by atoms with Crippen LogP contribution in [-0.4, -0.2) is 63.4 Å². The zero-order valence-electron chi connectivity index (χ0n) is 18.1. The maximum atomic E-state index is 13.5. The number of carbonyl (C=O) groups excluding carboxylic acids is 2. The summed E-state index contributed by atoms with van der Waals surface area (Å²) >= 11 is 0. The van der Waals surface area contributed by atoms with E-state index in [1.54, 1.807) is 4.90 Å². The number of piperidine rings is 1. The average Bonchev–Trinajstić information content (AvgIpc) is 2.83. The number of hydrogen-bond acceptors (Lipinski definition) is 5. The molecule has 7 nitrogen and oxygen atoms in total. The van der Waals surface area contributed by atoms with Crippen LogP contribution in [0, 0.1) is 25.7 Å². The number of aryl methyl sites for hydroxylation is 2. The van der Waals surface area contributed by atoms with Crippen molar-refractivity contribution in [3.05, 3.63) is 17.6 Å². The summed E-state index contributed by atoms with van der Waals surface area (Å²) in [5, 5.41) is 0.